The van der Waals surface area contributed by atoms with Gasteiger partial charge in [-0.1, -0.05) is 0 Å². The smallest absolute Gasteiger partial charge is 0.345 e. The van der Waals surface area contributed by atoms with Crippen molar-refractivity contribution in [3.8, 4) is 17.3 Å². The molecule has 2 N–H and O–H groups in total. The van der Waals surface area contributed by atoms with Crippen molar-refractivity contribution in [2.75, 3.05) is 10.6 Å². The van der Waals surface area contributed by atoms with Crippen LogP contribution in [0, 0.1) is 21.4 Å². The highest BCUT2D eigenvalue weighted by Crippen LogP contribution is 2.28. The second-order valence-electron chi connectivity index (χ2n) is 7.04. The van der Waals surface area contributed by atoms with E-state index in [1.54, 1.807) is 29.6 Å². The van der Waals surface area contributed by atoms with Gasteiger partial charge in [-0.25, -0.2) is 9.78 Å². The largest absolute Gasteiger partial charge is 0.422 e. The summed E-state index contributed by atoms with van der Waals surface area (Å²) in [6, 6.07) is 14.4. The first-order valence-corrected chi connectivity index (χ1v) is 10.6. The Labute approximate surface area is 195 Å². The lowest BCUT2D eigenvalue weighted by atomic mass is 10.1. The number of nitro benzene ring substituents is 1. The van der Waals surface area contributed by atoms with E-state index in [0.717, 1.165) is 0 Å². The third kappa shape index (κ3) is 4.82. The summed E-state index contributed by atoms with van der Waals surface area (Å²) >= 11 is 1.17. The van der Waals surface area contributed by atoms with Crippen molar-refractivity contribution in [3.05, 3.63) is 85.7 Å². The minimum atomic E-state index is -0.641. The number of nitriles is 1. The molecule has 0 spiro atoms. The van der Waals surface area contributed by atoms with E-state index >= 15 is 0 Å². The van der Waals surface area contributed by atoms with Crippen molar-refractivity contribution in [3.63, 3.8) is 0 Å². The SMILES string of the molecule is CC(=O)Nc1ccc(N/C=C(/C#N)c2nc(-c3cc4cc([N+](=O)[O-])ccc4oc3=O)cs2)cc1. The molecular weight excluding hydrogens is 458 g/mol. The normalized spacial score (nSPS) is 11.1. The summed E-state index contributed by atoms with van der Waals surface area (Å²) in [5, 5.41) is 28.7. The Balaban J connectivity index is 1.60. The molecule has 10 nitrogen and oxygen atoms in total. The molecule has 0 saturated heterocycles. The van der Waals surface area contributed by atoms with E-state index in [1.165, 1.54) is 48.7 Å². The fourth-order valence-electron chi connectivity index (χ4n) is 3.07. The van der Waals surface area contributed by atoms with Crippen LogP contribution in [0.5, 0.6) is 0 Å². The molecule has 11 heteroatoms. The third-order valence-corrected chi connectivity index (χ3v) is 5.52. The van der Waals surface area contributed by atoms with E-state index in [-0.39, 0.29) is 28.3 Å². The molecule has 0 fully saturated rings. The molecule has 1 amide bonds. The van der Waals surface area contributed by atoms with Crippen LogP contribution >= 0.6 is 11.3 Å². The molecule has 168 valence electrons. The average Bonchev–Trinajstić information content (AvgIpc) is 3.29. The van der Waals surface area contributed by atoms with E-state index in [1.807, 2.05) is 0 Å². The van der Waals surface area contributed by atoms with Crippen molar-refractivity contribution >= 4 is 50.8 Å². The van der Waals surface area contributed by atoms with Crippen LogP contribution in [0.15, 0.2) is 69.3 Å². The van der Waals surface area contributed by atoms with Gasteiger partial charge >= 0.3 is 5.63 Å². The Hall–Kier alpha value is -4.82. The van der Waals surface area contributed by atoms with Gasteiger partial charge in [-0.15, -0.1) is 11.3 Å². The summed E-state index contributed by atoms with van der Waals surface area (Å²) < 4.78 is 5.29. The Bertz CT molecular complexity index is 1550. The molecule has 0 aliphatic heterocycles. The molecule has 2 aromatic heterocycles. The summed E-state index contributed by atoms with van der Waals surface area (Å²) in [5.41, 5.74) is 1.46. The first kappa shape index (κ1) is 22.4. The molecule has 2 heterocycles. The summed E-state index contributed by atoms with van der Waals surface area (Å²) in [5.74, 6) is -0.175. The Morgan fingerprint density at radius 2 is 1.94 bits per heavy atom. The Kier molecular flexibility index (Phi) is 6.16. The number of nitro groups is 1. The number of carbonyl (C=O) groups is 1. The number of non-ortho nitro benzene ring substituents is 1. The van der Waals surface area contributed by atoms with Crippen molar-refractivity contribution in [2.24, 2.45) is 0 Å². The van der Waals surface area contributed by atoms with Crippen LogP contribution in [0.4, 0.5) is 17.1 Å². The van der Waals surface area contributed by atoms with Gasteiger partial charge in [0.25, 0.3) is 5.69 Å². The second-order valence-corrected chi connectivity index (χ2v) is 7.90. The van der Waals surface area contributed by atoms with E-state index < -0.39 is 10.5 Å². The van der Waals surface area contributed by atoms with Crippen molar-refractivity contribution in [1.82, 2.24) is 4.98 Å². The van der Waals surface area contributed by atoms with Gasteiger partial charge in [0.05, 0.1) is 16.2 Å². The lowest BCUT2D eigenvalue weighted by molar-refractivity contribution is -0.384. The quantitative estimate of drug-likeness (QED) is 0.176. The predicted molar refractivity (Wildman–Crippen MR) is 128 cm³/mol. The molecule has 0 saturated carbocycles. The number of allylic oxidation sites excluding steroid dienone is 1. The lowest BCUT2D eigenvalue weighted by Crippen LogP contribution is -2.05. The maximum absolute atomic E-state index is 12.5. The number of fused-ring (bicyclic) bond motifs is 1. The Morgan fingerprint density at radius 1 is 1.21 bits per heavy atom. The number of nitrogens with zero attached hydrogens (tertiary/aromatic N) is 3. The fraction of sp³-hybridized carbons (Fsp3) is 0.0435. The second kappa shape index (κ2) is 9.35. The highest BCUT2D eigenvalue weighted by atomic mass is 32.1. The summed E-state index contributed by atoms with van der Waals surface area (Å²) in [6.07, 6.45) is 1.49. The van der Waals surface area contributed by atoms with Crippen molar-refractivity contribution in [2.45, 2.75) is 6.92 Å². The molecular formula is C23H15N5O5S. The number of thiazole rings is 1. The number of carbonyl (C=O) groups excluding carboxylic acids is 1. The van der Waals surface area contributed by atoms with E-state index in [9.17, 15) is 25.0 Å². The minimum absolute atomic E-state index is 0.128. The monoisotopic (exact) mass is 473 g/mol. The highest BCUT2D eigenvalue weighted by Gasteiger charge is 2.15. The Morgan fingerprint density at radius 3 is 2.62 bits per heavy atom. The number of hydrogen-bond acceptors (Lipinski definition) is 9. The van der Waals surface area contributed by atoms with Gasteiger partial charge in [0.1, 0.15) is 22.2 Å². The minimum Gasteiger partial charge on any atom is -0.422 e. The predicted octanol–water partition coefficient (Wildman–Crippen LogP) is 4.76. The van der Waals surface area contributed by atoms with Crippen molar-refractivity contribution in [1.29, 1.82) is 5.26 Å². The molecule has 34 heavy (non-hydrogen) atoms. The van der Waals surface area contributed by atoms with Crippen LogP contribution in [0.1, 0.15) is 11.9 Å². The van der Waals surface area contributed by atoms with Gasteiger partial charge in [-0.05, 0) is 36.4 Å². The molecule has 0 radical (unpaired) electrons. The van der Waals surface area contributed by atoms with Crippen LogP contribution in [0.25, 0.3) is 27.8 Å². The number of benzene rings is 2. The van der Waals surface area contributed by atoms with Crippen LogP contribution in [-0.4, -0.2) is 15.8 Å². The molecule has 4 rings (SSSR count). The number of nitrogens with one attached hydrogen (secondary N) is 2. The van der Waals surface area contributed by atoms with Gasteiger partial charge in [-0.2, -0.15) is 5.26 Å². The van der Waals surface area contributed by atoms with E-state index in [4.69, 9.17) is 4.42 Å². The van der Waals surface area contributed by atoms with Crippen molar-refractivity contribution < 1.29 is 14.1 Å². The van der Waals surface area contributed by atoms with Crippen LogP contribution in [0.3, 0.4) is 0 Å². The van der Waals surface area contributed by atoms with Crippen LogP contribution < -0.4 is 16.3 Å². The van der Waals surface area contributed by atoms with Crippen LogP contribution in [-0.2, 0) is 4.79 Å². The topological polar surface area (TPSA) is 151 Å². The third-order valence-electron chi connectivity index (χ3n) is 4.65. The van der Waals surface area contributed by atoms with Gasteiger partial charge in [-0.3, -0.25) is 14.9 Å². The standard InChI is InChI=1S/C23H15N5O5S/c1-13(29)26-17-4-2-16(3-5-17)25-11-15(10-24)22-27-20(12-34-22)19-9-14-8-18(28(31)32)6-7-21(14)33-23(19)30/h2-9,11-12,25H,1H3,(H,26,29)/b15-11-. The maximum Gasteiger partial charge on any atom is 0.345 e. The molecule has 0 atom stereocenters. The fourth-order valence-corrected chi connectivity index (χ4v) is 3.86. The van der Waals surface area contributed by atoms with Gasteiger partial charge < -0.3 is 15.1 Å². The molecule has 0 aliphatic rings. The number of hydrogen-bond donors (Lipinski definition) is 2. The number of aromatic nitrogens is 1. The maximum atomic E-state index is 12.5. The average molecular weight is 473 g/mol. The van der Waals surface area contributed by atoms with Gasteiger partial charge in [0.2, 0.25) is 5.91 Å². The first-order chi connectivity index (χ1) is 16.3. The zero-order valence-electron chi connectivity index (χ0n) is 17.6. The molecule has 2 aromatic carbocycles. The van der Waals surface area contributed by atoms with Gasteiger partial charge in [0, 0.05) is 47.4 Å². The number of rotatable bonds is 6. The number of amides is 1. The summed E-state index contributed by atoms with van der Waals surface area (Å²) in [6.45, 7) is 1.42. The van der Waals surface area contributed by atoms with E-state index in [2.05, 4.69) is 21.7 Å². The number of anilines is 2. The van der Waals surface area contributed by atoms with Crippen LogP contribution in [0.2, 0.25) is 0 Å². The molecule has 4 aromatic rings. The lowest BCUT2D eigenvalue weighted by Gasteiger charge is -2.04. The molecule has 0 bridgehead atoms. The molecule has 0 unspecified atom stereocenters. The first-order valence-electron chi connectivity index (χ1n) is 9.77. The van der Waals surface area contributed by atoms with E-state index in [0.29, 0.717) is 27.5 Å². The highest BCUT2D eigenvalue weighted by molar-refractivity contribution is 7.11. The van der Waals surface area contributed by atoms with Gasteiger partial charge in [0.15, 0.2) is 0 Å². The molecule has 0 aliphatic carbocycles. The zero-order chi connectivity index (χ0) is 24.2. The zero-order valence-corrected chi connectivity index (χ0v) is 18.4. The summed E-state index contributed by atoms with van der Waals surface area (Å²) in [4.78, 5) is 38.5. The summed E-state index contributed by atoms with van der Waals surface area (Å²) in [7, 11) is 0.